The highest BCUT2D eigenvalue weighted by Gasteiger charge is 2.24. The molecule has 0 atom stereocenters. The predicted molar refractivity (Wildman–Crippen MR) is 93.9 cm³/mol. The Morgan fingerprint density at radius 2 is 1.75 bits per heavy atom. The van der Waals surface area contributed by atoms with E-state index in [1.54, 1.807) is 24.3 Å². The van der Waals surface area contributed by atoms with Crippen LogP contribution in [0.3, 0.4) is 0 Å². The number of aromatic hydroxyl groups is 2. The Labute approximate surface area is 142 Å². The SMILES string of the molecule is CC(C)=CCOc1ccc(-c2c(CC(C)C)c(O)n(O)c2O)cc1. The molecule has 24 heavy (non-hydrogen) atoms. The number of nitrogens with zero attached hydrogens (tertiary/aromatic N) is 1. The zero-order valence-electron chi connectivity index (χ0n) is 14.6. The Bertz CT molecular complexity index is 723. The monoisotopic (exact) mass is 331 g/mol. The summed E-state index contributed by atoms with van der Waals surface area (Å²) >= 11 is 0. The second kappa shape index (κ2) is 7.34. The average Bonchev–Trinajstić information content (AvgIpc) is 2.72. The summed E-state index contributed by atoms with van der Waals surface area (Å²) in [6.07, 6.45) is 2.53. The number of hydrogen-bond donors (Lipinski definition) is 3. The lowest BCUT2D eigenvalue weighted by atomic mass is 9.97. The second-order valence-electron chi connectivity index (χ2n) is 6.53. The van der Waals surface area contributed by atoms with Crippen molar-refractivity contribution >= 4 is 0 Å². The molecule has 0 aliphatic rings. The maximum absolute atomic E-state index is 10.2. The smallest absolute Gasteiger partial charge is 0.237 e. The van der Waals surface area contributed by atoms with E-state index in [4.69, 9.17) is 4.74 Å². The van der Waals surface area contributed by atoms with E-state index in [1.165, 1.54) is 5.57 Å². The van der Waals surface area contributed by atoms with E-state index in [-0.39, 0.29) is 17.7 Å². The van der Waals surface area contributed by atoms with Gasteiger partial charge in [-0.1, -0.05) is 31.6 Å². The van der Waals surface area contributed by atoms with Crippen molar-refractivity contribution in [2.45, 2.75) is 34.1 Å². The van der Waals surface area contributed by atoms with Crippen LogP contribution in [0, 0.1) is 5.92 Å². The van der Waals surface area contributed by atoms with Gasteiger partial charge in [-0.3, -0.25) is 0 Å². The molecule has 130 valence electrons. The molecule has 0 aliphatic carbocycles. The zero-order chi connectivity index (χ0) is 17.9. The fourth-order valence-electron chi connectivity index (χ4n) is 2.51. The first-order valence-corrected chi connectivity index (χ1v) is 8.02. The van der Waals surface area contributed by atoms with Crippen LogP contribution in [0.2, 0.25) is 0 Å². The second-order valence-corrected chi connectivity index (χ2v) is 6.53. The number of hydrogen-bond acceptors (Lipinski definition) is 4. The molecule has 3 N–H and O–H groups in total. The number of allylic oxidation sites excluding steroid dienone is 1. The van der Waals surface area contributed by atoms with Gasteiger partial charge in [-0.2, -0.15) is 0 Å². The van der Waals surface area contributed by atoms with Gasteiger partial charge < -0.3 is 20.2 Å². The van der Waals surface area contributed by atoms with E-state index >= 15 is 0 Å². The molecule has 0 fully saturated rings. The minimum absolute atomic E-state index is 0.267. The molecule has 2 rings (SSSR count). The Hall–Kier alpha value is -2.56. The van der Waals surface area contributed by atoms with Gasteiger partial charge in [0.2, 0.25) is 11.8 Å². The molecule has 5 heteroatoms. The van der Waals surface area contributed by atoms with Crippen LogP contribution in [0.5, 0.6) is 17.5 Å². The quantitative estimate of drug-likeness (QED) is 0.543. The van der Waals surface area contributed by atoms with Gasteiger partial charge in [0.25, 0.3) is 0 Å². The lowest BCUT2D eigenvalue weighted by Crippen LogP contribution is -1.96. The third-order valence-electron chi connectivity index (χ3n) is 3.69. The van der Waals surface area contributed by atoms with E-state index in [0.717, 1.165) is 0 Å². The Morgan fingerprint density at radius 3 is 2.29 bits per heavy atom. The molecule has 0 radical (unpaired) electrons. The summed E-state index contributed by atoms with van der Waals surface area (Å²) in [6, 6.07) is 7.21. The van der Waals surface area contributed by atoms with Gasteiger partial charge in [0.05, 0.1) is 5.56 Å². The molecule has 0 bridgehead atoms. The highest BCUT2D eigenvalue weighted by atomic mass is 16.5. The van der Waals surface area contributed by atoms with Crippen LogP contribution in [0.25, 0.3) is 11.1 Å². The first kappa shape index (κ1) is 17.8. The van der Waals surface area contributed by atoms with Crippen LogP contribution in [0.15, 0.2) is 35.9 Å². The predicted octanol–water partition coefficient (Wildman–Crippen LogP) is 4.35. The van der Waals surface area contributed by atoms with Crippen LogP contribution in [-0.4, -0.2) is 26.8 Å². The lowest BCUT2D eigenvalue weighted by molar-refractivity contribution is 0.130. The summed E-state index contributed by atoms with van der Waals surface area (Å²) in [7, 11) is 0. The molecule has 1 aromatic carbocycles. The number of benzene rings is 1. The van der Waals surface area contributed by atoms with Gasteiger partial charge in [-0.05, 0) is 50.0 Å². The standard InChI is InChI=1S/C19H25NO4/c1-12(2)9-10-24-15-7-5-14(6-8-15)17-16(11-13(3)4)18(21)20(23)19(17)22/h5-9,13,21-23H,10-11H2,1-4H3. The van der Waals surface area contributed by atoms with Crippen LogP contribution in [0.4, 0.5) is 0 Å². The average molecular weight is 331 g/mol. The van der Waals surface area contributed by atoms with Crippen molar-refractivity contribution in [1.82, 2.24) is 4.73 Å². The van der Waals surface area contributed by atoms with Gasteiger partial charge in [0.15, 0.2) is 0 Å². The number of ether oxygens (including phenoxy) is 1. The van der Waals surface area contributed by atoms with E-state index in [1.807, 2.05) is 33.8 Å². The fraction of sp³-hybridized carbons (Fsp3) is 0.368. The molecule has 5 nitrogen and oxygen atoms in total. The highest BCUT2D eigenvalue weighted by Crippen LogP contribution is 2.41. The van der Waals surface area contributed by atoms with E-state index in [2.05, 4.69) is 0 Å². The summed E-state index contributed by atoms with van der Waals surface area (Å²) in [6.45, 7) is 8.54. The van der Waals surface area contributed by atoms with Gasteiger partial charge in [0.1, 0.15) is 12.4 Å². The molecule has 1 heterocycles. The minimum atomic E-state index is -0.360. The van der Waals surface area contributed by atoms with Crippen molar-refractivity contribution < 1.29 is 20.2 Å². The maximum atomic E-state index is 10.2. The minimum Gasteiger partial charge on any atom is -0.492 e. The lowest BCUT2D eigenvalue weighted by Gasteiger charge is -2.09. The van der Waals surface area contributed by atoms with E-state index in [9.17, 15) is 15.4 Å². The van der Waals surface area contributed by atoms with Gasteiger partial charge in [-0.25, -0.2) is 0 Å². The normalized spacial score (nSPS) is 10.9. The van der Waals surface area contributed by atoms with E-state index < -0.39 is 0 Å². The van der Waals surface area contributed by atoms with Crippen molar-refractivity contribution in [1.29, 1.82) is 0 Å². The van der Waals surface area contributed by atoms with Crippen molar-refractivity contribution in [3.63, 3.8) is 0 Å². The van der Waals surface area contributed by atoms with Crippen molar-refractivity contribution in [3.8, 4) is 28.6 Å². The molecule has 0 saturated carbocycles. The Morgan fingerprint density at radius 1 is 1.12 bits per heavy atom. The van der Waals surface area contributed by atoms with Crippen LogP contribution in [0.1, 0.15) is 33.3 Å². The Kier molecular flexibility index (Phi) is 5.44. The third kappa shape index (κ3) is 3.85. The Balaban J connectivity index is 2.31. The first-order valence-electron chi connectivity index (χ1n) is 8.02. The topological polar surface area (TPSA) is 74.9 Å². The molecule has 0 unspecified atom stereocenters. The summed E-state index contributed by atoms with van der Waals surface area (Å²) in [5.41, 5.74) is 2.87. The van der Waals surface area contributed by atoms with Gasteiger partial charge >= 0.3 is 0 Å². The first-order chi connectivity index (χ1) is 11.3. The van der Waals surface area contributed by atoms with E-state index in [0.29, 0.717) is 40.2 Å². The number of rotatable bonds is 6. The number of aromatic nitrogens is 1. The van der Waals surface area contributed by atoms with Crippen molar-refractivity contribution in [2.75, 3.05) is 6.61 Å². The summed E-state index contributed by atoms with van der Waals surface area (Å²) < 4.78 is 6.04. The fourth-order valence-corrected chi connectivity index (χ4v) is 2.51. The molecule has 0 aliphatic heterocycles. The molecular weight excluding hydrogens is 306 g/mol. The largest absolute Gasteiger partial charge is 0.492 e. The molecule has 1 aromatic heterocycles. The van der Waals surface area contributed by atoms with Crippen molar-refractivity contribution in [2.24, 2.45) is 5.92 Å². The molecular formula is C19H25NO4. The molecule has 0 saturated heterocycles. The zero-order valence-corrected chi connectivity index (χ0v) is 14.6. The molecule has 0 spiro atoms. The van der Waals surface area contributed by atoms with Crippen molar-refractivity contribution in [3.05, 3.63) is 41.5 Å². The van der Waals surface area contributed by atoms with Crippen LogP contribution >= 0.6 is 0 Å². The van der Waals surface area contributed by atoms with Gasteiger partial charge in [-0.15, -0.1) is 4.73 Å². The third-order valence-corrected chi connectivity index (χ3v) is 3.69. The highest BCUT2D eigenvalue weighted by molar-refractivity contribution is 5.76. The summed E-state index contributed by atoms with van der Waals surface area (Å²) in [5.74, 6) is 0.304. The van der Waals surface area contributed by atoms with Crippen LogP contribution < -0.4 is 4.74 Å². The summed E-state index contributed by atoms with van der Waals surface area (Å²) in [5, 5.41) is 30.0. The maximum Gasteiger partial charge on any atom is 0.237 e. The van der Waals surface area contributed by atoms with Crippen LogP contribution in [-0.2, 0) is 6.42 Å². The molecule has 0 amide bonds. The summed E-state index contributed by atoms with van der Waals surface area (Å²) in [4.78, 5) is 0. The molecule has 2 aromatic rings. The van der Waals surface area contributed by atoms with Gasteiger partial charge in [0, 0.05) is 5.56 Å².